The zero-order valence-corrected chi connectivity index (χ0v) is 8.58. The number of benzene rings is 1. The first-order chi connectivity index (χ1) is 7.61. The molecule has 4 nitrogen and oxygen atoms in total. The molecule has 0 saturated heterocycles. The van der Waals surface area contributed by atoms with Crippen LogP contribution >= 0.6 is 0 Å². The van der Waals surface area contributed by atoms with E-state index in [4.69, 9.17) is 9.84 Å². The molecule has 0 saturated carbocycles. The molecule has 2 N–H and O–H groups in total. The Hall–Kier alpha value is -2.04. The smallest absolute Gasteiger partial charge is 0.354 e. The van der Waals surface area contributed by atoms with E-state index in [2.05, 4.69) is 4.98 Å². The molecule has 1 aromatic heterocycles. The van der Waals surface area contributed by atoms with Gasteiger partial charge in [-0.15, -0.1) is 0 Å². The van der Waals surface area contributed by atoms with E-state index >= 15 is 0 Å². The van der Waals surface area contributed by atoms with E-state index in [0.29, 0.717) is 10.9 Å². The van der Waals surface area contributed by atoms with Crippen molar-refractivity contribution in [3.63, 3.8) is 0 Å². The number of halogens is 1. The van der Waals surface area contributed by atoms with E-state index in [-0.39, 0.29) is 12.3 Å². The summed E-state index contributed by atoms with van der Waals surface area (Å²) in [5, 5.41) is 9.67. The van der Waals surface area contributed by atoms with E-state index in [1.165, 1.54) is 12.1 Å². The predicted molar refractivity (Wildman–Crippen MR) is 55.9 cm³/mol. The fourth-order valence-corrected chi connectivity index (χ4v) is 1.46. The van der Waals surface area contributed by atoms with Crippen molar-refractivity contribution in [3.05, 3.63) is 29.7 Å². The molecule has 0 aliphatic rings. The normalized spacial score (nSPS) is 10.6. The molecule has 0 atom stereocenters. The maximum atomic E-state index is 13.0. The van der Waals surface area contributed by atoms with E-state index in [0.717, 1.165) is 6.07 Å². The number of hydrogen-bond acceptors (Lipinski definition) is 3. The van der Waals surface area contributed by atoms with Gasteiger partial charge in [0.1, 0.15) is 5.69 Å². The number of rotatable bonds is 2. The van der Waals surface area contributed by atoms with Crippen molar-refractivity contribution in [2.45, 2.75) is 6.92 Å². The number of H-pyrrole nitrogens is 1. The van der Waals surface area contributed by atoms with Gasteiger partial charge in [-0.2, -0.15) is 0 Å². The number of aromatic hydroxyl groups is 1. The van der Waals surface area contributed by atoms with Gasteiger partial charge in [0.15, 0.2) is 11.6 Å². The molecule has 0 radical (unpaired) electrons. The molecule has 84 valence electrons. The highest BCUT2D eigenvalue weighted by atomic mass is 19.1. The highest BCUT2D eigenvalue weighted by Crippen LogP contribution is 2.24. The molecule has 1 aromatic carbocycles. The summed E-state index contributed by atoms with van der Waals surface area (Å²) in [6, 6.07) is 3.87. The van der Waals surface area contributed by atoms with Gasteiger partial charge < -0.3 is 14.8 Å². The quantitative estimate of drug-likeness (QED) is 0.767. The van der Waals surface area contributed by atoms with E-state index in [1.807, 2.05) is 0 Å². The SMILES string of the molecule is CCOC(=O)c1cc2cc(F)c(O)cc2[nH]1. The van der Waals surface area contributed by atoms with Gasteiger partial charge in [-0.3, -0.25) is 0 Å². The lowest BCUT2D eigenvalue weighted by Gasteiger charge is -1.96. The third-order valence-electron chi connectivity index (χ3n) is 2.18. The van der Waals surface area contributed by atoms with Crippen LogP contribution in [0.1, 0.15) is 17.4 Å². The van der Waals surface area contributed by atoms with Gasteiger partial charge in [0, 0.05) is 17.0 Å². The van der Waals surface area contributed by atoms with Gasteiger partial charge in [0.05, 0.1) is 6.61 Å². The summed E-state index contributed by atoms with van der Waals surface area (Å²) in [5.74, 6) is -1.68. The number of carbonyl (C=O) groups excluding carboxylic acids is 1. The molecular formula is C11H10FNO3. The van der Waals surface area contributed by atoms with Gasteiger partial charge in [0.25, 0.3) is 0 Å². The Bertz CT molecular complexity index is 508. The van der Waals surface area contributed by atoms with E-state index in [1.54, 1.807) is 6.92 Å². The lowest BCUT2D eigenvalue weighted by Crippen LogP contribution is -2.04. The number of aromatic nitrogens is 1. The van der Waals surface area contributed by atoms with Crippen LogP contribution in [-0.2, 0) is 4.74 Å². The largest absolute Gasteiger partial charge is 0.505 e. The molecule has 0 spiro atoms. The molecule has 0 fully saturated rings. The zero-order valence-electron chi connectivity index (χ0n) is 8.58. The minimum absolute atomic E-state index is 0.238. The standard InChI is InChI=1S/C11H10FNO3/c1-2-16-11(15)9-4-6-3-7(12)10(14)5-8(6)13-9/h3-5,13-14H,2H2,1H3. The topological polar surface area (TPSA) is 62.3 Å². The van der Waals surface area contributed by atoms with Crippen molar-refractivity contribution in [2.24, 2.45) is 0 Å². The van der Waals surface area contributed by atoms with E-state index in [9.17, 15) is 9.18 Å². The first-order valence-corrected chi connectivity index (χ1v) is 4.80. The van der Waals surface area contributed by atoms with Gasteiger partial charge >= 0.3 is 5.97 Å². The Balaban J connectivity index is 2.48. The number of ether oxygens (including phenoxy) is 1. The minimum Gasteiger partial charge on any atom is -0.505 e. The zero-order chi connectivity index (χ0) is 11.7. The Kier molecular flexibility index (Phi) is 2.52. The first kappa shape index (κ1) is 10.5. The van der Waals surface area contributed by atoms with Crippen LogP contribution in [-0.4, -0.2) is 22.7 Å². The van der Waals surface area contributed by atoms with Crippen molar-refractivity contribution in [1.82, 2.24) is 4.98 Å². The maximum absolute atomic E-state index is 13.0. The second-order valence-corrected chi connectivity index (χ2v) is 3.29. The van der Waals surface area contributed by atoms with Crippen molar-refractivity contribution in [1.29, 1.82) is 0 Å². The molecule has 16 heavy (non-hydrogen) atoms. The number of phenols is 1. The fraction of sp³-hybridized carbons (Fsp3) is 0.182. The summed E-state index contributed by atoms with van der Waals surface area (Å²) >= 11 is 0. The Morgan fingerprint density at radius 3 is 2.94 bits per heavy atom. The number of esters is 1. The van der Waals surface area contributed by atoms with Crippen LogP contribution in [0.4, 0.5) is 4.39 Å². The summed E-state index contributed by atoms with van der Waals surface area (Å²) in [6.07, 6.45) is 0. The van der Waals surface area contributed by atoms with Gasteiger partial charge in [-0.1, -0.05) is 0 Å². The van der Waals surface area contributed by atoms with Crippen LogP contribution in [0.5, 0.6) is 5.75 Å². The number of phenolic OH excluding ortho intramolecular Hbond substituents is 1. The average molecular weight is 223 g/mol. The van der Waals surface area contributed by atoms with Gasteiger partial charge in [0.2, 0.25) is 0 Å². The molecule has 1 heterocycles. The van der Waals surface area contributed by atoms with Crippen LogP contribution in [0.2, 0.25) is 0 Å². The van der Waals surface area contributed by atoms with Crippen LogP contribution in [0, 0.1) is 5.82 Å². The molecule has 2 aromatic rings. The van der Waals surface area contributed by atoms with Gasteiger partial charge in [-0.25, -0.2) is 9.18 Å². The third kappa shape index (κ3) is 1.71. The number of nitrogens with one attached hydrogen (secondary N) is 1. The summed E-state index contributed by atoms with van der Waals surface area (Å²) in [7, 11) is 0. The maximum Gasteiger partial charge on any atom is 0.354 e. The fourth-order valence-electron chi connectivity index (χ4n) is 1.46. The minimum atomic E-state index is -0.720. The highest BCUT2D eigenvalue weighted by Gasteiger charge is 2.12. The number of hydrogen-bond donors (Lipinski definition) is 2. The van der Waals surface area contributed by atoms with Crippen molar-refractivity contribution >= 4 is 16.9 Å². The summed E-state index contributed by atoms with van der Waals surface area (Å²) < 4.78 is 17.8. The summed E-state index contributed by atoms with van der Waals surface area (Å²) in [6.45, 7) is 1.97. The Morgan fingerprint density at radius 1 is 1.50 bits per heavy atom. The second kappa shape index (κ2) is 3.84. The van der Waals surface area contributed by atoms with Crippen molar-refractivity contribution in [2.75, 3.05) is 6.61 Å². The Morgan fingerprint density at radius 2 is 2.25 bits per heavy atom. The molecule has 0 unspecified atom stereocenters. The van der Waals surface area contributed by atoms with Crippen molar-refractivity contribution in [3.8, 4) is 5.75 Å². The highest BCUT2D eigenvalue weighted by molar-refractivity contribution is 5.95. The number of fused-ring (bicyclic) bond motifs is 1. The summed E-state index contributed by atoms with van der Waals surface area (Å²) in [4.78, 5) is 14.1. The average Bonchev–Trinajstić information content (AvgIpc) is 2.62. The summed E-state index contributed by atoms with van der Waals surface area (Å²) in [5.41, 5.74) is 0.726. The van der Waals surface area contributed by atoms with Gasteiger partial charge in [-0.05, 0) is 19.1 Å². The molecular weight excluding hydrogens is 213 g/mol. The van der Waals surface area contributed by atoms with Crippen LogP contribution in [0.3, 0.4) is 0 Å². The lowest BCUT2D eigenvalue weighted by molar-refractivity contribution is 0.0520. The predicted octanol–water partition coefficient (Wildman–Crippen LogP) is 2.19. The van der Waals surface area contributed by atoms with Crippen molar-refractivity contribution < 1.29 is 19.0 Å². The molecule has 5 heteroatoms. The molecule has 0 aliphatic heterocycles. The lowest BCUT2D eigenvalue weighted by atomic mass is 10.2. The molecule has 0 aliphatic carbocycles. The Labute approximate surface area is 90.7 Å². The molecule has 0 bridgehead atoms. The number of aromatic amines is 1. The number of carbonyl (C=O) groups is 1. The first-order valence-electron chi connectivity index (χ1n) is 4.80. The monoisotopic (exact) mass is 223 g/mol. The van der Waals surface area contributed by atoms with Crippen LogP contribution < -0.4 is 0 Å². The van der Waals surface area contributed by atoms with Crippen LogP contribution in [0.15, 0.2) is 18.2 Å². The molecule has 0 amide bonds. The van der Waals surface area contributed by atoms with E-state index < -0.39 is 17.5 Å². The molecule has 2 rings (SSSR count). The second-order valence-electron chi connectivity index (χ2n) is 3.29. The van der Waals surface area contributed by atoms with Crippen LogP contribution in [0.25, 0.3) is 10.9 Å². The third-order valence-corrected chi connectivity index (χ3v) is 2.18.